The van der Waals surface area contributed by atoms with E-state index in [-0.39, 0.29) is 36.6 Å². The summed E-state index contributed by atoms with van der Waals surface area (Å²) in [6, 6.07) is 0. The summed E-state index contributed by atoms with van der Waals surface area (Å²) >= 11 is 0. The molecule has 2 fully saturated rings. The van der Waals surface area contributed by atoms with Gasteiger partial charge in [-0.15, -0.1) is 0 Å². The van der Waals surface area contributed by atoms with Crippen molar-refractivity contribution < 1.29 is 24.5 Å². The Labute approximate surface area is 98.5 Å². The van der Waals surface area contributed by atoms with Gasteiger partial charge in [0.15, 0.2) is 0 Å². The molecule has 0 aromatic heterocycles. The Bertz CT molecular complexity index is 330. The predicted octanol–water partition coefficient (Wildman–Crippen LogP) is 0.568. The largest absolute Gasteiger partial charge is 0.343 e. The third kappa shape index (κ3) is 2.17. The van der Waals surface area contributed by atoms with Crippen LogP contribution in [0.25, 0.3) is 0 Å². The minimum atomic E-state index is -0.833. The average Bonchev–Trinajstić information content (AvgIpc) is 2.60. The van der Waals surface area contributed by atoms with Gasteiger partial charge in [-0.2, -0.15) is 5.26 Å². The zero-order valence-corrected chi connectivity index (χ0v) is 9.42. The highest BCUT2D eigenvalue weighted by molar-refractivity contribution is 6.05. The Kier molecular flexibility index (Phi) is 3.42. The van der Waals surface area contributed by atoms with Gasteiger partial charge >= 0.3 is 5.97 Å². The normalized spacial score (nSPS) is 28.2. The molecule has 1 heterocycles. The standard InChI is InChI=1S/C11H15NO5/c13-9(17-16)5-6-12-10(14)7-3-1-2-4-8(7)11(12)15/h7-8,16H,1-6H2/t7-,8+. The van der Waals surface area contributed by atoms with E-state index in [0.29, 0.717) is 0 Å². The van der Waals surface area contributed by atoms with Gasteiger partial charge in [0.25, 0.3) is 0 Å². The maximum absolute atomic E-state index is 11.9. The van der Waals surface area contributed by atoms with E-state index in [4.69, 9.17) is 5.26 Å². The number of carbonyl (C=O) groups is 3. The van der Waals surface area contributed by atoms with Crippen LogP contribution in [0.5, 0.6) is 0 Å². The van der Waals surface area contributed by atoms with Crippen molar-refractivity contribution in [3.8, 4) is 0 Å². The van der Waals surface area contributed by atoms with Gasteiger partial charge in [0.1, 0.15) is 0 Å². The summed E-state index contributed by atoms with van der Waals surface area (Å²) in [5.74, 6) is -1.57. The Balaban J connectivity index is 2.00. The summed E-state index contributed by atoms with van der Waals surface area (Å²) in [6.45, 7) is 0.00403. The lowest BCUT2D eigenvalue weighted by Gasteiger charge is -2.19. The van der Waals surface area contributed by atoms with Crippen molar-refractivity contribution in [3.05, 3.63) is 0 Å². The summed E-state index contributed by atoms with van der Waals surface area (Å²) in [5.41, 5.74) is 0. The molecule has 1 saturated carbocycles. The Morgan fingerprint density at radius 2 is 1.76 bits per heavy atom. The molecule has 6 nitrogen and oxygen atoms in total. The van der Waals surface area contributed by atoms with E-state index in [1.54, 1.807) is 0 Å². The van der Waals surface area contributed by atoms with Gasteiger partial charge in [-0.3, -0.25) is 14.5 Å². The molecule has 0 bridgehead atoms. The van der Waals surface area contributed by atoms with E-state index in [1.807, 2.05) is 0 Å². The number of rotatable bonds is 3. The molecule has 0 aromatic rings. The topological polar surface area (TPSA) is 83.9 Å². The van der Waals surface area contributed by atoms with Crippen molar-refractivity contribution in [3.63, 3.8) is 0 Å². The van der Waals surface area contributed by atoms with Crippen LogP contribution in [0.1, 0.15) is 32.1 Å². The second-order valence-electron chi connectivity index (χ2n) is 4.54. The maximum atomic E-state index is 11.9. The lowest BCUT2D eigenvalue weighted by Crippen LogP contribution is -2.33. The molecular weight excluding hydrogens is 226 g/mol. The zero-order chi connectivity index (χ0) is 12.4. The molecule has 2 aliphatic rings. The van der Waals surface area contributed by atoms with Crippen LogP contribution in [0.3, 0.4) is 0 Å². The molecule has 0 radical (unpaired) electrons. The van der Waals surface area contributed by atoms with Gasteiger partial charge < -0.3 is 4.89 Å². The summed E-state index contributed by atoms with van der Waals surface area (Å²) in [5, 5.41) is 8.11. The second kappa shape index (κ2) is 4.83. The maximum Gasteiger partial charge on any atom is 0.343 e. The Morgan fingerprint density at radius 1 is 1.24 bits per heavy atom. The van der Waals surface area contributed by atoms with Crippen LogP contribution in [0, 0.1) is 11.8 Å². The third-order valence-electron chi connectivity index (χ3n) is 3.57. The molecule has 1 aliphatic carbocycles. The van der Waals surface area contributed by atoms with Crippen molar-refractivity contribution in [2.24, 2.45) is 11.8 Å². The minimum absolute atomic E-state index is 0.00403. The van der Waals surface area contributed by atoms with Crippen LogP contribution in [0.2, 0.25) is 0 Å². The van der Waals surface area contributed by atoms with Crippen molar-refractivity contribution in [1.82, 2.24) is 4.90 Å². The van der Waals surface area contributed by atoms with Gasteiger partial charge in [-0.05, 0) is 12.8 Å². The molecule has 1 saturated heterocycles. The molecule has 1 aliphatic heterocycles. The number of hydrogen-bond donors (Lipinski definition) is 1. The van der Waals surface area contributed by atoms with Gasteiger partial charge in [0.2, 0.25) is 11.8 Å². The molecule has 1 N–H and O–H groups in total. The van der Waals surface area contributed by atoms with E-state index in [0.717, 1.165) is 30.6 Å². The van der Waals surface area contributed by atoms with Crippen molar-refractivity contribution in [1.29, 1.82) is 0 Å². The van der Waals surface area contributed by atoms with Crippen LogP contribution in [-0.4, -0.2) is 34.5 Å². The number of hydrogen-bond acceptors (Lipinski definition) is 5. The fourth-order valence-electron chi connectivity index (χ4n) is 2.70. The van der Waals surface area contributed by atoms with Gasteiger partial charge in [0.05, 0.1) is 18.3 Å². The molecule has 0 aromatic carbocycles. The highest BCUT2D eigenvalue weighted by atomic mass is 17.1. The lowest BCUT2D eigenvalue weighted by molar-refractivity contribution is -0.234. The smallest absolute Gasteiger partial charge is 0.301 e. The van der Waals surface area contributed by atoms with Gasteiger partial charge in [-0.25, -0.2) is 4.79 Å². The number of amides is 2. The van der Waals surface area contributed by atoms with Crippen LogP contribution in [0.15, 0.2) is 0 Å². The summed E-state index contributed by atoms with van der Waals surface area (Å²) in [7, 11) is 0. The van der Waals surface area contributed by atoms with E-state index in [9.17, 15) is 14.4 Å². The first-order valence-corrected chi connectivity index (χ1v) is 5.84. The van der Waals surface area contributed by atoms with Crippen LogP contribution >= 0.6 is 0 Å². The first-order chi connectivity index (χ1) is 8.15. The van der Waals surface area contributed by atoms with Crippen LogP contribution in [0.4, 0.5) is 0 Å². The van der Waals surface area contributed by atoms with Crippen molar-refractivity contribution in [2.75, 3.05) is 6.54 Å². The molecule has 2 atom stereocenters. The molecular formula is C11H15NO5. The summed E-state index contributed by atoms with van der Waals surface area (Å²) < 4.78 is 0. The van der Waals surface area contributed by atoms with E-state index in [2.05, 4.69) is 4.89 Å². The number of fused-ring (bicyclic) bond motifs is 1. The van der Waals surface area contributed by atoms with E-state index < -0.39 is 5.97 Å². The monoisotopic (exact) mass is 241 g/mol. The van der Waals surface area contributed by atoms with Crippen LogP contribution < -0.4 is 0 Å². The number of carbonyl (C=O) groups excluding carboxylic acids is 3. The third-order valence-corrected chi connectivity index (χ3v) is 3.57. The van der Waals surface area contributed by atoms with Crippen molar-refractivity contribution in [2.45, 2.75) is 32.1 Å². The fourth-order valence-corrected chi connectivity index (χ4v) is 2.70. The molecule has 17 heavy (non-hydrogen) atoms. The number of nitrogens with zero attached hydrogens (tertiary/aromatic N) is 1. The SMILES string of the molecule is O=C(CCN1C(=O)[C@H]2CCCC[C@H]2C1=O)OO. The van der Waals surface area contributed by atoms with Gasteiger partial charge in [0, 0.05) is 6.54 Å². The van der Waals surface area contributed by atoms with E-state index >= 15 is 0 Å². The second-order valence-corrected chi connectivity index (χ2v) is 4.54. The minimum Gasteiger partial charge on any atom is -0.301 e. The first-order valence-electron chi connectivity index (χ1n) is 5.84. The summed E-state index contributed by atoms with van der Waals surface area (Å²) in [6.07, 6.45) is 3.32. The molecule has 0 spiro atoms. The fraction of sp³-hybridized carbons (Fsp3) is 0.727. The first kappa shape index (κ1) is 12.0. The predicted molar refractivity (Wildman–Crippen MR) is 55.5 cm³/mol. The molecule has 94 valence electrons. The van der Waals surface area contributed by atoms with Gasteiger partial charge in [-0.1, -0.05) is 12.8 Å². The molecule has 2 amide bonds. The number of likely N-dealkylation sites (tertiary alicyclic amines) is 1. The summed E-state index contributed by atoms with van der Waals surface area (Å²) in [4.78, 5) is 39.3. The highest BCUT2D eigenvalue weighted by Crippen LogP contribution is 2.37. The van der Waals surface area contributed by atoms with Crippen LogP contribution in [-0.2, 0) is 19.3 Å². The molecule has 6 heteroatoms. The quantitative estimate of drug-likeness (QED) is 0.443. The van der Waals surface area contributed by atoms with E-state index in [1.165, 1.54) is 0 Å². The Morgan fingerprint density at radius 3 is 2.24 bits per heavy atom. The molecule has 0 unspecified atom stereocenters. The molecule has 2 rings (SSSR count). The van der Waals surface area contributed by atoms with Crippen molar-refractivity contribution >= 4 is 17.8 Å². The zero-order valence-electron chi connectivity index (χ0n) is 9.42. The Hall–Kier alpha value is -1.43. The lowest BCUT2D eigenvalue weighted by atomic mass is 9.81. The highest BCUT2D eigenvalue weighted by Gasteiger charge is 2.47. The average molecular weight is 241 g/mol. The number of imide groups is 1.